The minimum absolute atomic E-state index is 0.207. The van der Waals surface area contributed by atoms with Crippen molar-refractivity contribution in [2.24, 2.45) is 0 Å². The number of aromatic nitrogens is 2. The Labute approximate surface area is 79.4 Å². The number of hydrogen-bond acceptors (Lipinski definition) is 3. The predicted molar refractivity (Wildman–Crippen MR) is 46.1 cm³/mol. The van der Waals surface area contributed by atoms with E-state index in [1.54, 1.807) is 20.0 Å². The lowest BCUT2D eigenvalue weighted by molar-refractivity contribution is -0.128. The summed E-state index contributed by atoms with van der Waals surface area (Å²) in [6.45, 7) is 1.63. The standard InChI is InChI=1S/C8H10F3N3/c1-5-3-6(12-2)14-7(13-5)4-8(9,10)11/h3H,4H2,1-2H3,(H,12,13,14). The molecule has 0 aliphatic rings. The largest absolute Gasteiger partial charge is 0.396 e. The summed E-state index contributed by atoms with van der Waals surface area (Å²) in [4.78, 5) is 7.39. The van der Waals surface area contributed by atoms with Gasteiger partial charge in [0.05, 0.1) is 0 Å². The molecule has 0 aliphatic carbocycles. The third-order valence-electron chi connectivity index (χ3n) is 1.52. The Morgan fingerprint density at radius 3 is 2.50 bits per heavy atom. The molecule has 1 heterocycles. The van der Waals surface area contributed by atoms with Crippen LogP contribution < -0.4 is 5.32 Å². The highest BCUT2D eigenvalue weighted by Gasteiger charge is 2.29. The first-order valence-corrected chi connectivity index (χ1v) is 4.00. The molecule has 78 valence electrons. The first-order chi connectivity index (χ1) is 6.40. The topological polar surface area (TPSA) is 37.8 Å². The van der Waals surface area contributed by atoms with E-state index in [4.69, 9.17) is 0 Å². The molecule has 0 spiro atoms. The zero-order valence-corrected chi connectivity index (χ0v) is 7.81. The number of halogens is 3. The molecule has 1 N–H and O–H groups in total. The van der Waals surface area contributed by atoms with Gasteiger partial charge in [-0.1, -0.05) is 0 Å². The maximum atomic E-state index is 12.0. The third kappa shape index (κ3) is 3.20. The minimum Gasteiger partial charge on any atom is -0.373 e. The number of hydrogen-bond donors (Lipinski definition) is 1. The average molecular weight is 205 g/mol. The SMILES string of the molecule is CNc1cc(C)nc(CC(F)(F)F)n1. The van der Waals surface area contributed by atoms with Crippen molar-refractivity contribution in [1.82, 2.24) is 9.97 Å². The van der Waals surface area contributed by atoms with E-state index in [0.29, 0.717) is 11.5 Å². The van der Waals surface area contributed by atoms with Crippen LogP contribution in [0.5, 0.6) is 0 Å². The number of nitrogens with one attached hydrogen (secondary N) is 1. The zero-order chi connectivity index (χ0) is 10.8. The molecule has 0 aromatic carbocycles. The molecular weight excluding hydrogens is 195 g/mol. The fourth-order valence-electron chi connectivity index (χ4n) is 1.02. The first kappa shape index (κ1) is 10.7. The fourth-order valence-corrected chi connectivity index (χ4v) is 1.02. The molecule has 0 fully saturated rings. The molecule has 0 bridgehead atoms. The summed E-state index contributed by atoms with van der Waals surface area (Å²) < 4.78 is 36.0. The van der Waals surface area contributed by atoms with Gasteiger partial charge in [-0.2, -0.15) is 13.2 Å². The molecule has 0 saturated carbocycles. The van der Waals surface area contributed by atoms with Crippen LogP contribution >= 0.6 is 0 Å². The van der Waals surface area contributed by atoms with E-state index in [1.165, 1.54) is 0 Å². The number of aryl methyl sites for hydroxylation is 1. The van der Waals surface area contributed by atoms with Gasteiger partial charge in [-0.25, -0.2) is 9.97 Å². The highest BCUT2D eigenvalue weighted by atomic mass is 19.4. The van der Waals surface area contributed by atoms with E-state index in [2.05, 4.69) is 15.3 Å². The second kappa shape index (κ2) is 3.81. The van der Waals surface area contributed by atoms with Gasteiger partial charge in [0.1, 0.15) is 18.1 Å². The van der Waals surface area contributed by atoms with Crippen molar-refractivity contribution in [3.63, 3.8) is 0 Å². The third-order valence-corrected chi connectivity index (χ3v) is 1.52. The van der Waals surface area contributed by atoms with E-state index in [-0.39, 0.29) is 5.82 Å². The number of anilines is 1. The average Bonchev–Trinajstić information content (AvgIpc) is 1.99. The summed E-state index contributed by atoms with van der Waals surface area (Å²) in [6.07, 6.45) is -5.36. The van der Waals surface area contributed by atoms with Crippen LogP contribution in [0, 0.1) is 6.92 Å². The quantitative estimate of drug-likeness (QED) is 0.801. The minimum atomic E-state index is -4.27. The van der Waals surface area contributed by atoms with E-state index in [0.717, 1.165) is 0 Å². The van der Waals surface area contributed by atoms with Gasteiger partial charge in [0.25, 0.3) is 0 Å². The Balaban J connectivity index is 2.92. The Morgan fingerprint density at radius 2 is 2.00 bits per heavy atom. The summed E-state index contributed by atoms with van der Waals surface area (Å²) in [5, 5.41) is 2.68. The molecule has 1 aromatic heterocycles. The lowest BCUT2D eigenvalue weighted by Crippen LogP contribution is -2.15. The van der Waals surface area contributed by atoms with Gasteiger partial charge in [0.15, 0.2) is 0 Å². The van der Waals surface area contributed by atoms with Gasteiger partial charge in [-0.3, -0.25) is 0 Å². The van der Waals surface area contributed by atoms with E-state index >= 15 is 0 Å². The molecule has 0 unspecified atom stereocenters. The van der Waals surface area contributed by atoms with Crippen LogP contribution in [0.3, 0.4) is 0 Å². The van der Waals surface area contributed by atoms with Gasteiger partial charge in [0.2, 0.25) is 0 Å². The van der Waals surface area contributed by atoms with Crippen molar-refractivity contribution in [3.8, 4) is 0 Å². The fraction of sp³-hybridized carbons (Fsp3) is 0.500. The molecule has 0 amide bonds. The van der Waals surface area contributed by atoms with Crippen LogP contribution in [0.15, 0.2) is 6.07 Å². The molecule has 1 aromatic rings. The Kier molecular flexibility index (Phi) is 2.93. The van der Waals surface area contributed by atoms with E-state index < -0.39 is 12.6 Å². The van der Waals surface area contributed by atoms with Crippen molar-refractivity contribution in [3.05, 3.63) is 17.6 Å². The molecule has 0 radical (unpaired) electrons. The van der Waals surface area contributed by atoms with Crippen molar-refractivity contribution in [2.45, 2.75) is 19.5 Å². The smallest absolute Gasteiger partial charge is 0.373 e. The maximum absolute atomic E-state index is 12.0. The molecule has 6 heteroatoms. The highest BCUT2D eigenvalue weighted by Crippen LogP contribution is 2.20. The van der Waals surface area contributed by atoms with E-state index in [1.807, 2.05) is 0 Å². The molecule has 14 heavy (non-hydrogen) atoms. The zero-order valence-electron chi connectivity index (χ0n) is 7.81. The summed E-state index contributed by atoms with van der Waals surface area (Å²) in [7, 11) is 1.60. The summed E-state index contributed by atoms with van der Waals surface area (Å²) >= 11 is 0. The van der Waals surface area contributed by atoms with Gasteiger partial charge < -0.3 is 5.32 Å². The molecule has 0 atom stereocenters. The lowest BCUT2D eigenvalue weighted by Gasteiger charge is -2.07. The Bertz CT molecular complexity index is 322. The second-order valence-electron chi connectivity index (χ2n) is 2.85. The highest BCUT2D eigenvalue weighted by molar-refractivity contribution is 5.34. The number of nitrogens with zero attached hydrogens (tertiary/aromatic N) is 2. The van der Waals surface area contributed by atoms with Crippen LogP contribution in [0.1, 0.15) is 11.5 Å². The molecule has 3 nitrogen and oxygen atoms in total. The van der Waals surface area contributed by atoms with Crippen molar-refractivity contribution in [1.29, 1.82) is 0 Å². The summed E-state index contributed by atoms with van der Waals surface area (Å²) in [5.41, 5.74) is 0.517. The van der Waals surface area contributed by atoms with E-state index in [9.17, 15) is 13.2 Å². The van der Waals surface area contributed by atoms with Gasteiger partial charge in [-0.05, 0) is 6.92 Å². The van der Waals surface area contributed by atoms with Crippen molar-refractivity contribution in [2.75, 3.05) is 12.4 Å². The lowest BCUT2D eigenvalue weighted by atomic mass is 10.3. The maximum Gasteiger partial charge on any atom is 0.396 e. The molecule has 0 aliphatic heterocycles. The van der Waals surface area contributed by atoms with Crippen LogP contribution in [-0.2, 0) is 6.42 Å². The van der Waals surface area contributed by atoms with Gasteiger partial charge >= 0.3 is 6.18 Å². The first-order valence-electron chi connectivity index (χ1n) is 4.00. The second-order valence-corrected chi connectivity index (χ2v) is 2.85. The molecule has 1 rings (SSSR count). The van der Waals surface area contributed by atoms with Crippen LogP contribution in [0.2, 0.25) is 0 Å². The van der Waals surface area contributed by atoms with Crippen molar-refractivity contribution >= 4 is 5.82 Å². The van der Waals surface area contributed by atoms with Crippen LogP contribution in [-0.4, -0.2) is 23.2 Å². The Morgan fingerprint density at radius 1 is 1.36 bits per heavy atom. The summed E-state index contributed by atoms with van der Waals surface area (Å²) in [6, 6.07) is 1.58. The molecular formula is C8H10F3N3. The predicted octanol–water partition coefficient (Wildman–Crippen LogP) is 1.93. The number of alkyl halides is 3. The van der Waals surface area contributed by atoms with Gasteiger partial charge in [-0.15, -0.1) is 0 Å². The number of rotatable bonds is 2. The normalized spacial score (nSPS) is 11.5. The molecule has 0 saturated heterocycles. The van der Waals surface area contributed by atoms with Gasteiger partial charge in [0, 0.05) is 18.8 Å². The van der Waals surface area contributed by atoms with Crippen molar-refractivity contribution < 1.29 is 13.2 Å². The summed E-state index contributed by atoms with van der Waals surface area (Å²) in [5.74, 6) is 0.193. The van der Waals surface area contributed by atoms with Crippen LogP contribution in [0.4, 0.5) is 19.0 Å². The van der Waals surface area contributed by atoms with Crippen LogP contribution in [0.25, 0.3) is 0 Å². The monoisotopic (exact) mass is 205 g/mol. The Hall–Kier alpha value is -1.33.